The fraction of sp³-hybridized carbons (Fsp3) is 0.269. The van der Waals surface area contributed by atoms with Crippen LogP contribution < -0.4 is 5.69 Å². The first-order valence-corrected chi connectivity index (χ1v) is 11.3. The largest absolute Gasteiger partial charge is 0.346 e. The van der Waals surface area contributed by atoms with Gasteiger partial charge in [0.05, 0.1) is 0 Å². The van der Waals surface area contributed by atoms with Crippen molar-refractivity contribution in [2.45, 2.75) is 44.7 Å². The first-order chi connectivity index (χ1) is 15.5. The van der Waals surface area contributed by atoms with E-state index in [1.165, 1.54) is 4.68 Å². The maximum Gasteiger partial charge on any atom is 0.346 e. The zero-order valence-electron chi connectivity index (χ0n) is 17.9. The third-order valence-electron chi connectivity index (χ3n) is 6.10. The molecule has 5 rings (SSSR count). The molecule has 5 nitrogen and oxygen atoms in total. The topological polar surface area (TPSA) is 56.9 Å². The Hall–Kier alpha value is -3.18. The average molecular weight is 446 g/mol. The summed E-state index contributed by atoms with van der Waals surface area (Å²) in [6, 6.07) is 21.8. The fourth-order valence-electron chi connectivity index (χ4n) is 4.34. The summed E-state index contributed by atoms with van der Waals surface area (Å²) in [5.41, 5.74) is 1.76. The lowest BCUT2D eigenvalue weighted by atomic mass is 9.91. The van der Waals surface area contributed by atoms with Crippen molar-refractivity contribution in [1.29, 1.82) is 0 Å². The van der Waals surface area contributed by atoms with Crippen molar-refractivity contribution in [3.8, 4) is 11.4 Å². The number of halogens is 1. The van der Waals surface area contributed by atoms with Gasteiger partial charge in [-0.2, -0.15) is 0 Å². The summed E-state index contributed by atoms with van der Waals surface area (Å²) in [7, 11) is 0. The SMILES string of the molecule is C[C@H](CC(=O)Cn1nc(-c2ccc(Cl)cc2)n(C2CC2)c1=O)c1cccc2ccccc12. The molecule has 6 heteroatoms. The number of ketones is 1. The van der Waals surface area contributed by atoms with Crippen molar-refractivity contribution in [2.24, 2.45) is 0 Å². The van der Waals surface area contributed by atoms with Gasteiger partial charge in [0.2, 0.25) is 0 Å². The Morgan fingerprint density at radius 3 is 2.53 bits per heavy atom. The summed E-state index contributed by atoms with van der Waals surface area (Å²) >= 11 is 6.02. The number of carbonyl (C=O) groups is 1. The summed E-state index contributed by atoms with van der Waals surface area (Å²) < 4.78 is 3.05. The van der Waals surface area contributed by atoms with Gasteiger partial charge in [-0.25, -0.2) is 9.48 Å². The Morgan fingerprint density at radius 1 is 1.06 bits per heavy atom. The molecule has 0 amide bonds. The third-order valence-corrected chi connectivity index (χ3v) is 6.35. The summed E-state index contributed by atoms with van der Waals surface area (Å²) in [5, 5.41) is 7.50. The minimum Gasteiger partial charge on any atom is -0.298 e. The van der Waals surface area contributed by atoms with Crippen LogP contribution in [0.25, 0.3) is 22.2 Å². The van der Waals surface area contributed by atoms with E-state index in [0.717, 1.165) is 34.7 Å². The number of hydrogen-bond acceptors (Lipinski definition) is 3. The molecule has 0 spiro atoms. The normalized spacial score (nSPS) is 14.6. The van der Waals surface area contributed by atoms with E-state index in [1.54, 1.807) is 16.7 Å². The monoisotopic (exact) mass is 445 g/mol. The van der Waals surface area contributed by atoms with Gasteiger partial charge in [-0.15, -0.1) is 5.10 Å². The fourth-order valence-corrected chi connectivity index (χ4v) is 4.47. The van der Waals surface area contributed by atoms with E-state index in [4.69, 9.17) is 11.6 Å². The molecule has 1 aliphatic carbocycles. The maximum atomic E-state index is 13.1. The first kappa shape index (κ1) is 20.7. The van der Waals surface area contributed by atoms with Gasteiger partial charge in [-0.1, -0.05) is 61.0 Å². The second-order valence-corrected chi connectivity index (χ2v) is 9.02. The summed E-state index contributed by atoms with van der Waals surface area (Å²) in [6.45, 7) is 2.04. The number of carbonyl (C=O) groups excluding carboxylic acids is 1. The minimum atomic E-state index is -0.219. The molecule has 1 aromatic heterocycles. The molecular formula is C26H24ClN3O2. The van der Waals surface area contributed by atoms with E-state index >= 15 is 0 Å². The molecule has 0 unspecified atom stereocenters. The van der Waals surface area contributed by atoms with Crippen LogP contribution in [0.2, 0.25) is 5.02 Å². The van der Waals surface area contributed by atoms with Crippen molar-refractivity contribution >= 4 is 28.2 Å². The Bertz CT molecular complexity index is 1340. The third kappa shape index (κ3) is 4.00. The molecule has 0 N–H and O–H groups in total. The van der Waals surface area contributed by atoms with Crippen LogP contribution in [0.1, 0.15) is 43.7 Å². The van der Waals surface area contributed by atoms with Crippen LogP contribution >= 0.6 is 11.6 Å². The number of nitrogens with zero attached hydrogens (tertiary/aromatic N) is 3. The number of aromatic nitrogens is 3. The van der Waals surface area contributed by atoms with Crippen LogP contribution in [0.3, 0.4) is 0 Å². The molecular weight excluding hydrogens is 422 g/mol. The molecule has 4 aromatic rings. The van der Waals surface area contributed by atoms with E-state index < -0.39 is 0 Å². The second-order valence-electron chi connectivity index (χ2n) is 8.58. The van der Waals surface area contributed by atoms with E-state index in [2.05, 4.69) is 36.3 Å². The maximum absolute atomic E-state index is 13.1. The van der Waals surface area contributed by atoms with Crippen LogP contribution in [0.5, 0.6) is 0 Å². The van der Waals surface area contributed by atoms with Gasteiger partial charge < -0.3 is 0 Å². The van der Waals surface area contributed by atoms with Gasteiger partial charge >= 0.3 is 5.69 Å². The molecule has 1 heterocycles. The number of benzene rings is 3. The molecule has 0 aliphatic heterocycles. The van der Waals surface area contributed by atoms with Crippen LogP contribution in [0, 0.1) is 0 Å². The highest BCUT2D eigenvalue weighted by Crippen LogP contribution is 2.36. The van der Waals surface area contributed by atoms with Gasteiger partial charge in [-0.05, 0) is 59.4 Å². The van der Waals surface area contributed by atoms with Crippen LogP contribution in [0.4, 0.5) is 0 Å². The molecule has 0 saturated heterocycles. The van der Waals surface area contributed by atoms with Crippen molar-refractivity contribution in [1.82, 2.24) is 14.3 Å². The number of Topliss-reactive ketones (excluding diaryl/α,β-unsaturated/α-hetero) is 1. The number of rotatable bonds is 7. The van der Waals surface area contributed by atoms with Crippen molar-refractivity contribution in [3.63, 3.8) is 0 Å². The lowest BCUT2D eigenvalue weighted by Gasteiger charge is -2.14. The molecule has 1 saturated carbocycles. The predicted molar refractivity (Wildman–Crippen MR) is 127 cm³/mol. The minimum absolute atomic E-state index is 0.00404. The lowest BCUT2D eigenvalue weighted by molar-refractivity contribution is -0.120. The average Bonchev–Trinajstić information content (AvgIpc) is 3.58. The first-order valence-electron chi connectivity index (χ1n) is 11.0. The standard InChI is InChI=1S/C26H24ClN3O2/c1-17(23-8-4-6-18-5-2-3-7-24(18)23)15-22(31)16-29-26(32)30(21-13-14-21)25(28-29)19-9-11-20(27)12-10-19/h2-12,17,21H,13-16H2,1H3/t17-/m1/s1. The van der Waals surface area contributed by atoms with Crippen molar-refractivity contribution < 1.29 is 4.79 Å². The summed E-state index contributed by atoms with van der Waals surface area (Å²) in [5.74, 6) is 0.644. The van der Waals surface area contributed by atoms with Crippen LogP contribution in [-0.2, 0) is 11.3 Å². The zero-order valence-corrected chi connectivity index (χ0v) is 18.6. The van der Waals surface area contributed by atoms with Crippen LogP contribution in [-0.4, -0.2) is 20.1 Å². The second kappa shape index (κ2) is 8.40. The highest BCUT2D eigenvalue weighted by Gasteiger charge is 2.30. The van der Waals surface area contributed by atoms with Gasteiger partial charge in [0.15, 0.2) is 11.6 Å². The van der Waals surface area contributed by atoms with Gasteiger partial charge in [-0.3, -0.25) is 9.36 Å². The molecule has 1 aliphatic rings. The quantitative estimate of drug-likeness (QED) is 0.371. The predicted octanol–water partition coefficient (Wildman–Crippen LogP) is 5.62. The van der Waals surface area contributed by atoms with E-state index in [0.29, 0.717) is 17.3 Å². The van der Waals surface area contributed by atoms with Gasteiger partial charge in [0.1, 0.15) is 6.54 Å². The van der Waals surface area contributed by atoms with E-state index in [1.807, 2.05) is 30.3 Å². The van der Waals surface area contributed by atoms with E-state index in [9.17, 15) is 9.59 Å². The Kier molecular flexibility index (Phi) is 5.43. The highest BCUT2D eigenvalue weighted by molar-refractivity contribution is 6.30. The van der Waals surface area contributed by atoms with Gasteiger partial charge in [0.25, 0.3) is 0 Å². The summed E-state index contributed by atoms with van der Waals surface area (Å²) in [4.78, 5) is 26.0. The Labute approximate surface area is 191 Å². The smallest absolute Gasteiger partial charge is 0.298 e. The Morgan fingerprint density at radius 2 is 1.78 bits per heavy atom. The highest BCUT2D eigenvalue weighted by atomic mass is 35.5. The molecule has 1 fully saturated rings. The number of fused-ring (bicyclic) bond motifs is 1. The number of hydrogen-bond donors (Lipinski definition) is 0. The lowest BCUT2D eigenvalue weighted by Crippen LogP contribution is -2.28. The van der Waals surface area contributed by atoms with Crippen molar-refractivity contribution in [3.05, 3.63) is 87.8 Å². The molecule has 162 valence electrons. The molecule has 1 atom stereocenters. The molecule has 0 radical (unpaired) electrons. The van der Waals surface area contributed by atoms with E-state index in [-0.39, 0.29) is 30.0 Å². The summed E-state index contributed by atoms with van der Waals surface area (Å²) in [6.07, 6.45) is 2.27. The zero-order chi connectivity index (χ0) is 22.2. The van der Waals surface area contributed by atoms with Crippen molar-refractivity contribution in [2.75, 3.05) is 0 Å². The van der Waals surface area contributed by atoms with Gasteiger partial charge in [0, 0.05) is 23.0 Å². The molecule has 0 bridgehead atoms. The van der Waals surface area contributed by atoms with Crippen LogP contribution in [0.15, 0.2) is 71.5 Å². The molecule has 3 aromatic carbocycles. The Balaban J connectivity index is 1.39. The molecule has 32 heavy (non-hydrogen) atoms.